The van der Waals surface area contributed by atoms with Crippen LogP contribution in [0.3, 0.4) is 0 Å². The fraction of sp³-hybridized carbons (Fsp3) is 0.238. The van der Waals surface area contributed by atoms with Crippen LogP contribution in [0.15, 0.2) is 72.5 Å². The molecule has 1 unspecified atom stereocenters. The van der Waals surface area contributed by atoms with Crippen molar-refractivity contribution in [1.82, 2.24) is 3.89 Å². The zero-order valence-electron chi connectivity index (χ0n) is 16.0. The largest absolute Gasteiger partial charge is 0.493 e. The summed E-state index contributed by atoms with van der Waals surface area (Å²) in [6.45, 7) is 2.35. The molecule has 2 aromatic carbocycles. The number of rotatable bonds is 7. The van der Waals surface area contributed by atoms with Crippen molar-refractivity contribution < 1.29 is 17.9 Å². The molecule has 1 heterocycles. The Labute approximate surface area is 166 Å². The van der Waals surface area contributed by atoms with E-state index < -0.39 is 10.0 Å². The minimum atomic E-state index is -3.45. The van der Waals surface area contributed by atoms with Crippen LogP contribution in [-0.2, 0) is 10.0 Å². The minimum absolute atomic E-state index is 0.0304. The van der Waals surface area contributed by atoms with E-state index in [0.717, 1.165) is 5.57 Å². The van der Waals surface area contributed by atoms with Crippen molar-refractivity contribution in [1.29, 1.82) is 0 Å². The lowest BCUT2D eigenvalue weighted by atomic mass is 10.1. The molecule has 1 aliphatic rings. The summed E-state index contributed by atoms with van der Waals surface area (Å²) < 4.78 is 36.8. The molecule has 0 aromatic heterocycles. The van der Waals surface area contributed by atoms with Crippen molar-refractivity contribution in [3.63, 3.8) is 0 Å². The first-order valence-electron chi connectivity index (χ1n) is 9.06. The molecule has 6 nitrogen and oxygen atoms in total. The summed E-state index contributed by atoms with van der Waals surface area (Å²) in [5.41, 5.74) is 7.26. The van der Waals surface area contributed by atoms with Gasteiger partial charge in [-0.1, -0.05) is 12.1 Å². The van der Waals surface area contributed by atoms with E-state index in [2.05, 4.69) is 0 Å². The highest BCUT2D eigenvalue weighted by Gasteiger charge is 2.41. The Hall–Kier alpha value is -2.61. The van der Waals surface area contributed by atoms with E-state index in [4.69, 9.17) is 15.2 Å². The quantitative estimate of drug-likeness (QED) is 0.718. The Bertz CT molecular complexity index is 997. The van der Waals surface area contributed by atoms with Gasteiger partial charge in [-0.3, -0.25) is 0 Å². The number of ether oxygens (including phenoxy) is 2. The third-order valence-electron chi connectivity index (χ3n) is 4.82. The number of nitrogens with two attached hydrogens (primary N) is 1. The lowest BCUT2D eigenvalue weighted by molar-refractivity contribution is 0.379. The summed E-state index contributed by atoms with van der Waals surface area (Å²) in [5, 5.41) is 0. The SMILES string of the molecule is CCS(=O)(=O)[N+]1(c2ccc(Oc3ccccc3OC)cc2)C=CC(CN)=CC1. The van der Waals surface area contributed by atoms with E-state index in [9.17, 15) is 8.42 Å². The molecule has 0 bridgehead atoms. The monoisotopic (exact) mass is 401 g/mol. The second kappa shape index (κ2) is 8.18. The van der Waals surface area contributed by atoms with Crippen LogP contribution in [0, 0.1) is 0 Å². The second-order valence-corrected chi connectivity index (χ2v) is 8.79. The van der Waals surface area contributed by atoms with Crippen LogP contribution in [-0.4, -0.2) is 34.4 Å². The number of nitrogens with zero attached hydrogens (tertiary/aromatic N) is 1. The average Bonchev–Trinajstić information content (AvgIpc) is 2.74. The molecular formula is C21H25N2O4S+. The molecule has 2 N–H and O–H groups in total. The van der Waals surface area contributed by atoms with Crippen LogP contribution in [0.5, 0.6) is 17.2 Å². The zero-order chi connectivity index (χ0) is 20.2. The van der Waals surface area contributed by atoms with Crippen molar-refractivity contribution in [2.24, 2.45) is 5.73 Å². The predicted octanol–water partition coefficient (Wildman–Crippen LogP) is 3.56. The Morgan fingerprint density at radius 3 is 2.29 bits per heavy atom. The highest BCUT2D eigenvalue weighted by molar-refractivity contribution is 7.91. The Kier molecular flexibility index (Phi) is 5.88. The molecule has 3 rings (SSSR count). The summed E-state index contributed by atoms with van der Waals surface area (Å²) in [5.74, 6) is 1.85. The van der Waals surface area contributed by atoms with Gasteiger partial charge in [-0.15, -0.1) is 0 Å². The van der Waals surface area contributed by atoms with Crippen molar-refractivity contribution in [2.45, 2.75) is 6.92 Å². The third kappa shape index (κ3) is 3.69. The summed E-state index contributed by atoms with van der Waals surface area (Å²) in [7, 11) is -1.86. The first kappa shape index (κ1) is 20.1. The molecule has 0 amide bonds. The number of quaternary nitrogens is 1. The van der Waals surface area contributed by atoms with Crippen LogP contribution < -0.4 is 19.1 Å². The summed E-state index contributed by atoms with van der Waals surface area (Å²) in [4.78, 5) is 0. The Morgan fingerprint density at radius 2 is 1.75 bits per heavy atom. The molecule has 2 aromatic rings. The topological polar surface area (TPSA) is 78.6 Å². The van der Waals surface area contributed by atoms with Crippen molar-refractivity contribution >= 4 is 15.7 Å². The summed E-state index contributed by atoms with van der Waals surface area (Å²) in [6, 6.07) is 14.5. The Morgan fingerprint density at radius 1 is 1.07 bits per heavy atom. The molecule has 1 atom stereocenters. The molecule has 0 fully saturated rings. The maximum atomic E-state index is 12.9. The molecule has 7 heteroatoms. The van der Waals surface area contributed by atoms with Gasteiger partial charge in [0.15, 0.2) is 17.2 Å². The number of sulfonamides is 1. The van der Waals surface area contributed by atoms with Crippen LogP contribution in [0.2, 0.25) is 0 Å². The van der Waals surface area contributed by atoms with Crippen molar-refractivity contribution in [3.05, 3.63) is 72.5 Å². The van der Waals surface area contributed by atoms with Gasteiger partial charge in [0.05, 0.1) is 12.9 Å². The molecule has 0 aliphatic carbocycles. The molecule has 0 radical (unpaired) electrons. The van der Waals surface area contributed by atoms with Crippen molar-refractivity contribution in [3.8, 4) is 17.2 Å². The molecule has 0 saturated carbocycles. The van der Waals surface area contributed by atoms with Crippen LogP contribution in [0.25, 0.3) is 0 Å². The van der Waals surface area contributed by atoms with E-state index >= 15 is 0 Å². The van der Waals surface area contributed by atoms with Gasteiger partial charge in [-0.25, -0.2) is 0 Å². The molecule has 0 saturated heterocycles. The number of para-hydroxylation sites is 2. The van der Waals surface area contributed by atoms with E-state index in [1.807, 2.05) is 30.3 Å². The van der Waals surface area contributed by atoms with Gasteiger partial charge in [0, 0.05) is 18.7 Å². The number of hydrogen-bond donors (Lipinski definition) is 1. The molecule has 1 aliphatic heterocycles. The summed E-state index contributed by atoms with van der Waals surface area (Å²) >= 11 is 0. The third-order valence-corrected chi connectivity index (χ3v) is 7.03. The van der Waals surface area contributed by atoms with Crippen LogP contribution in [0.4, 0.5) is 5.69 Å². The molecule has 0 spiro atoms. The van der Waals surface area contributed by atoms with Gasteiger partial charge in [-0.05, 0) is 48.9 Å². The number of hydrogen-bond acceptors (Lipinski definition) is 5. The van der Waals surface area contributed by atoms with Crippen LogP contribution in [0.1, 0.15) is 6.92 Å². The lowest BCUT2D eigenvalue weighted by Gasteiger charge is -2.33. The zero-order valence-corrected chi connectivity index (χ0v) is 16.9. The first-order chi connectivity index (χ1) is 13.5. The average molecular weight is 402 g/mol. The van der Waals surface area contributed by atoms with Gasteiger partial charge < -0.3 is 15.2 Å². The van der Waals surface area contributed by atoms with E-state index in [1.165, 1.54) is 0 Å². The van der Waals surface area contributed by atoms with Gasteiger partial charge in [0.2, 0.25) is 0 Å². The molecular weight excluding hydrogens is 376 g/mol. The molecule has 148 valence electrons. The van der Waals surface area contributed by atoms with Gasteiger partial charge >= 0.3 is 10.0 Å². The predicted molar refractivity (Wildman–Crippen MR) is 112 cm³/mol. The normalized spacial score (nSPS) is 19.2. The Balaban J connectivity index is 1.94. The molecule has 28 heavy (non-hydrogen) atoms. The highest BCUT2D eigenvalue weighted by atomic mass is 32.2. The fourth-order valence-electron chi connectivity index (χ4n) is 3.13. The van der Waals surface area contributed by atoms with Crippen molar-refractivity contribution in [2.75, 3.05) is 26.0 Å². The van der Waals surface area contributed by atoms with E-state index in [0.29, 0.717) is 36.0 Å². The minimum Gasteiger partial charge on any atom is -0.493 e. The van der Waals surface area contributed by atoms with Gasteiger partial charge in [0.1, 0.15) is 18.5 Å². The summed E-state index contributed by atoms with van der Waals surface area (Å²) in [6.07, 6.45) is 5.37. The number of benzene rings is 2. The van der Waals surface area contributed by atoms with E-state index in [1.54, 1.807) is 50.6 Å². The number of methoxy groups -OCH3 is 1. The van der Waals surface area contributed by atoms with Gasteiger partial charge in [-0.2, -0.15) is 12.3 Å². The van der Waals surface area contributed by atoms with Gasteiger partial charge in [0.25, 0.3) is 0 Å². The standard InChI is InChI=1S/C21H25N2O4S/c1-3-28(24,25)23(14-12-17(16-22)13-15-23)18-8-10-19(11-9-18)27-21-7-5-4-6-20(21)26-2/h4-14H,3,15-16,22H2,1-2H3/q+1. The van der Waals surface area contributed by atoms with E-state index in [-0.39, 0.29) is 9.64 Å². The second-order valence-electron chi connectivity index (χ2n) is 6.39. The lowest BCUT2D eigenvalue weighted by Crippen LogP contribution is -2.51. The maximum absolute atomic E-state index is 12.9. The highest BCUT2D eigenvalue weighted by Crippen LogP contribution is 2.35. The fourth-order valence-corrected chi connectivity index (χ4v) is 4.59. The first-order valence-corrected chi connectivity index (χ1v) is 10.7. The maximum Gasteiger partial charge on any atom is 0.306 e. The smallest absolute Gasteiger partial charge is 0.306 e. The van der Waals surface area contributed by atoms with Crippen LogP contribution >= 0.6 is 0 Å².